The van der Waals surface area contributed by atoms with Gasteiger partial charge < -0.3 is 4.74 Å². The molecule has 2 nitrogen and oxygen atoms in total. The Morgan fingerprint density at radius 3 is 2.71 bits per heavy atom. The van der Waals surface area contributed by atoms with Crippen LogP contribution in [0.25, 0.3) is 0 Å². The summed E-state index contributed by atoms with van der Waals surface area (Å²) in [6.07, 6.45) is 1.75. The van der Waals surface area contributed by atoms with Crippen molar-refractivity contribution in [2.45, 2.75) is 19.7 Å². The van der Waals surface area contributed by atoms with Gasteiger partial charge in [-0.2, -0.15) is 0 Å². The first-order valence-corrected chi connectivity index (χ1v) is 5.99. The van der Waals surface area contributed by atoms with Gasteiger partial charge in [0.25, 0.3) is 0 Å². The normalized spacial score (nSPS) is 10.3. The van der Waals surface area contributed by atoms with Crippen molar-refractivity contribution >= 4 is 11.6 Å². The van der Waals surface area contributed by atoms with Gasteiger partial charge in [0, 0.05) is 11.8 Å². The van der Waals surface area contributed by atoms with Crippen LogP contribution in [0.2, 0.25) is 0 Å². The van der Waals surface area contributed by atoms with Crippen molar-refractivity contribution in [1.82, 2.24) is 4.98 Å². The molecule has 0 aliphatic rings. The summed E-state index contributed by atoms with van der Waals surface area (Å²) in [5.74, 6) is 2.00. The Labute approximate surface area is 106 Å². The monoisotopic (exact) mass is 247 g/mol. The third-order valence-corrected chi connectivity index (χ3v) is 2.83. The quantitative estimate of drug-likeness (QED) is 0.758. The molecule has 1 aromatic heterocycles. The lowest BCUT2D eigenvalue weighted by Gasteiger charge is -2.11. The molecule has 1 heterocycles. The Balaban J connectivity index is 2.33. The van der Waals surface area contributed by atoms with Gasteiger partial charge >= 0.3 is 0 Å². The van der Waals surface area contributed by atoms with Crippen LogP contribution in [0.15, 0.2) is 36.5 Å². The third kappa shape index (κ3) is 2.77. The molecular weight excluding hydrogens is 234 g/mol. The fourth-order valence-electron chi connectivity index (χ4n) is 1.61. The fourth-order valence-corrected chi connectivity index (χ4v) is 1.82. The molecule has 0 radical (unpaired) electrons. The third-order valence-electron chi connectivity index (χ3n) is 2.54. The van der Waals surface area contributed by atoms with Crippen LogP contribution < -0.4 is 4.74 Å². The largest absolute Gasteiger partial charge is 0.455 e. The highest BCUT2D eigenvalue weighted by atomic mass is 35.5. The van der Waals surface area contributed by atoms with E-state index in [9.17, 15) is 0 Å². The summed E-state index contributed by atoms with van der Waals surface area (Å²) in [6.45, 7) is 3.96. The van der Waals surface area contributed by atoms with E-state index < -0.39 is 0 Å². The predicted molar refractivity (Wildman–Crippen MR) is 69.8 cm³/mol. The second-order valence-electron chi connectivity index (χ2n) is 3.93. The summed E-state index contributed by atoms with van der Waals surface area (Å²) >= 11 is 5.91. The van der Waals surface area contributed by atoms with Crippen molar-refractivity contribution in [2.24, 2.45) is 0 Å². The molecule has 88 valence electrons. The maximum Gasteiger partial charge on any atom is 0.148 e. The highest BCUT2D eigenvalue weighted by molar-refractivity contribution is 6.17. The summed E-state index contributed by atoms with van der Waals surface area (Å²) in [4.78, 5) is 4.19. The van der Waals surface area contributed by atoms with E-state index >= 15 is 0 Å². The molecule has 0 atom stereocenters. The van der Waals surface area contributed by atoms with Crippen molar-refractivity contribution in [3.63, 3.8) is 0 Å². The van der Waals surface area contributed by atoms with Crippen molar-refractivity contribution in [3.8, 4) is 11.5 Å². The zero-order chi connectivity index (χ0) is 12.3. The van der Waals surface area contributed by atoms with E-state index in [4.69, 9.17) is 16.3 Å². The number of benzene rings is 1. The average Bonchev–Trinajstić information content (AvgIpc) is 2.34. The highest BCUT2D eigenvalue weighted by Gasteiger charge is 2.06. The van der Waals surface area contributed by atoms with Crippen LogP contribution in [0.5, 0.6) is 11.5 Å². The minimum atomic E-state index is 0.441. The van der Waals surface area contributed by atoms with Gasteiger partial charge in [-0.15, -0.1) is 11.6 Å². The molecule has 0 aliphatic heterocycles. The Morgan fingerprint density at radius 1 is 1.18 bits per heavy atom. The number of hydrogen-bond donors (Lipinski definition) is 0. The minimum absolute atomic E-state index is 0.441. The van der Waals surface area contributed by atoms with E-state index in [1.165, 1.54) is 5.56 Å². The maximum atomic E-state index is 5.91. The second-order valence-corrected chi connectivity index (χ2v) is 4.20. The molecule has 0 aliphatic carbocycles. The standard InChI is InChI=1S/C14H14ClNO/c1-10-5-6-14(12(8-10)9-15)17-13-4-3-7-16-11(13)2/h3-8H,9H2,1-2H3. The van der Waals surface area contributed by atoms with Crippen LogP contribution in [-0.4, -0.2) is 4.98 Å². The number of aromatic nitrogens is 1. The lowest BCUT2D eigenvalue weighted by atomic mass is 10.1. The minimum Gasteiger partial charge on any atom is -0.455 e. The number of nitrogens with zero attached hydrogens (tertiary/aromatic N) is 1. The molecule has 17 heavy (non-hydrogen) atoms. The molecule has 0 fully saturated rings. The van der Waals surface area contributed by atoms with Crippen molar-refractivity contribution in [1.29, 1.82) is 0 Å². The van der Waals surface area contributed by atoms with Gasteiger partial charge in [-0.3, -0.25) is 4.98 Å². The predicted octanol–water partition coefficient (Wildman–Crippen LogP) is 4.23. The maximum absolute atomic E-state index is 5.91. The van der Waals surface area contributed by atoms with Crippen LogP contribution in [-0.2, 0) is 5.88 Å². The van der Waals surface area contributed by atoms with Crippen LogP contribution in [0.1, 0.15) is 16.8 Å². The molecule has 2 aromatic rings. The number of aryl methyl sites for hydroxylation is 2. The van der Waals surface area contributed by atoms with Crippen LogP contribution in [0.4, 0.5) is 0 Å². The number of ether oxygens (including phenoxy) is 1. The first kappa shape index (κ1) is 11.9. The van der Waals surface area contributed by atoms with Gasteiger partial charge in [0.2, 0.25) is 0 Å². The van der Waals surface area contributed by atoms with E-state index in [2.05, 4.69) is 4.98 Å². The molecule has 0 bridgehead atoms. The van der Waals surface area contributed by atoms with Gasteiger partial charge in [0.05, 0.1) is 11.6 Å². The lowest BCUT2D eigenvalue weighted by Crippen LogP contribution is -1.93. The van der Waals surface area contributed by atoms with Crippen molar-refractivity contribution in [3.05, 3.63) is 53.3 Å². The number of alkyl halides is 1. The van der Waals surface area contributed by atoms with Gasteiger partial charge in [0.15, 0.2) is 0 Å². The molecule has 3 heteroatoms. The molecule has 0 saturated heterocycles. The van der Waals surface area contributed by atoms with Crippen molar-refractivity contribution < 1.29 is 4.74 Å². The van der Waals surface area contributed by atoms with Crippen LogP contribution >= 0.6 is 11.6 Å². The van der Waals surface area contributed by atoms with E-state index in [0.717, 1.165) is 22.8 Å². The summed E-state index contributed by atoms with van der Waals surface area (Å²) in [5, 5.41) is 0. The van der Waals surface area contributed by atoms with Crippen LogP contribution in [0, 0.1) is 13.8 Å². The smallest absolute Gasteiger partial charge is 0.148 e. The molecule has 0 saturated carbocycles. The van der Waals surface area contributed by atoms with Gasteiger partial charge in [-0.05, 0) is 32.0 Å². The first-order chi connectivity index (χ1) is 8.20. The summed E-state index contributed by atoms with van der Waals surface area (Å²) < 4.78 is 5.84. The Kier molecular flexibility index (Phi) is 3.64. The average molecular weight is 248 g/mol. The van der Waals surface area contributed by atoms with Crippen LogP contribution in [0.3, 0.4) is 0 Å². The van der Waals surface area contributed by atoms with Gasteiger partial charge in [0.1, 0.15) is 11.5 Å². The summed E-state index contributed by atoms with van der Waals surface area (Å²) in [7, 11) is 0. The number of halogens is 1. The molecular formula is C14H14ClNO. The summed E-state index contributed by atoms with van der Waals surface area (Å²) in [6, 6.07) is 9.75. The van der Waals surface area contributed by atoms with E-state index in [-0.39, 0.29) is 0 Å². The Morgan fingerprint density at radius 2 is 2.00 bits per heavy atom. The number of pyridine rings is 1. The number of rotatable bonds is 3. The highest BCUT2D eigenvalue weighted by Crippen LogP contribution is 2.28. The fraction of sp³-hybridized carbons (Fsp3) is 0.214. The van der Waals surface area contributed by atoms with Gasteiger partial charge in [-0.1, -0.05) is 17.7 Å². The van der Waals surface area contributed by atoms with E-state index in [1.54, 1.807) is 6.20 Å². The first-order valence-electron chi connectivity index (χ1n) is 5.45. The lowest BCUT2D eigenvalue weighted by molar-refractivity contribution is 0.471. The molecule has 0 spiro atoms. The second kappa shape index (κ2) is 5.19. The topological polar surface area (TPSA) is 22.1 Å². The SMILES string of the molecule is Cc1ccc(Oc2cccnc2C)c(CCl)c1. The summed E-state index contributed by atoms with van der Waals surface area (Å²) in [5.41, 5.74) is 3.04. The molecule has 1 aromatic carbocycles. The van der Waals surface area contributed by atoms with Crippen molar-refractivity contribution in [2.75, 3.05) is 0 Å². The van der Waals surface area contributed by atoms with Gasteiger partial charge in [-0.25, -0.2) is 0 Å². The zero-order valence-corrected chi connectivity index (χ0v) is 10.7. The van der Waals surface area contributed by atoms with E-state index in [1.807, 2.05) is 44.2 Å². The molecule has 2 rings (SSSR count). The molecule has 0 N–H and O–H groups in total. The zero-order valence-electron chi connectivity index (χ0n) is 9.90. The van der Waals surface area contributed by atoms with E-state index in [0.29, 0.717) is 5.88 Å². The Bertz CT molecular complexity index is 525. The molecule has 0 amide bonds. The number of hydrogen-bond acceptors (Lipinski definition) is 2. The Hall–Kier alpha value is -1.54. The molecule has 0 unspecified atom stereocenters.